The Morgan fingerprint density at radius 1 is 1.39 bits per heavy atom. The second-order valence-electron chi connectivity index (χ2n) is 5.05. The number of carbonyl (C=O) groups is 1. The van der Waals surface area contributed by atoms with Gasteiger partial charge >= 0.3 is 6.61 Å². The molecule has 0 unspecified atom stereocenters. The van der Waals surface area contributed by atoms with Crippen molar-refractivity contribution in [3.63, 3.8) is 0 Å². The highest BCUT2D eigenvalue weighted by Gasteiger charge is 2.26. The molecule has 1 aliphatic rings. The molecule has 122 valence electrons. The SMILES string of the molecule is COc1cc(C(=O)Nc2nc(C3CC3)cs2)ccc1OC(F)F. The molecule has 1 aromatic heterocycles. The van der Waals surface area contributed by atoms with Crippen LogP contribution in [0, 0.1) is 0 Å². The molecule has 1 aromatic carbocycles. The fourth-order valence-corrected chi connectivity index (χ4v) is 2.87. The predicted molar refractivity (Wildman–Crippen MR) is 81.7 cm³/mol. The maximum Gasteiger partial charge on any atom is 0.387 e. The van der Waals surface area contributed by atoms with Gasteiger partial charge in [0.1, 0.15) is 0 Å². The zero-order chi connectivity index (χ0) is 16.4. The first-order chi connectivity index (χ1) is 11.1. The lowest BCUT2D eigenvalue weighted by atomic mass is 10.2. The van der Waals surface area contributed by atoms with Crippen LogP contribution in [-0.2, 0) is 0 Å². The Morgan fingerprint density at radius 3 is 2.83 bits per heavy atom. The van der Waals surface area contributed by atoms with E-state index in [1.165, 1.54) is 36.6 Å². The third-order valence-corrected chi connectivity index (χ3v) is 4.16. The van der Waals surface area contributed by atoms with Crippen LogP contribution in [0.2, 0.25) is 0 Å². The van der Waals surface area contributed by atoms with E-state index in [1.54, 1.807) is 0 Å². The summed E-state index contributed by atoms with van der Waals surface area (Å²) in [7, 11) is 1.32. The van der Waals surface area contributed by atoms with Gasteiger partial charge in [-0.25, -0.2) is 4.98 Å². The maximum absolute atomic E-state index is 12.3. The number of methoxy groups -OCH3 is 1. The van der Waals surface area contributed by atoms with Crippen molar-refractivity contribution in [3.8, 4) is 11.5 Å². The number of hydrogen-bond donors (Lipinski definition) is 1. The second-order valence-corrected chi connectivity index (χ2v) is 5.91. The number of nitrogens with one attached hydrogen (secondary N) is 1. The average Bonchev–Trinajstić information content (AvgIpc) is 3.27. The molecule has 1 heterocycles. The minimum atomic E-state index is -2.96. The van der Waals surface area contributed by atoms with Crippen LogP contribution in [-0.4, -0.2) is 24.6 Å². The zero-order valence-corrected chi connectivity index (χ0v) is 13.0. The molecule has 0 bridgehead atoms. The van der Waals surface area contributed by atoms with E-state index in [0.717, 1.165) is 18.5 Å². The van der Waals surface area contributed by atoms with Gasteiger partial charge in [0.15, 0.2) is 16.6 Å². The topological polar surface area (TPSA) is 60.5 Å². The first-order valence-corrected chi connectivity index (χ1v) is 7.84. The van der Waals surface area contributed by atoms with Crippen LogP contribution in [0.4, 0.5) is 13.9 Å². The summed E-state index contributed by atoms with van der Waals surface area (Å²) < 4.78 is 33.9. The smallest absolute Gasteiger partial charge is 0.387 e. The lowest BCUT2D eigenvalue weighted by Crippen LogP contribution is -2.12. The molecule has 0 saturated heterocycles. The lowest BCUT2D eigenvalue weighted by Gasteiger charge is -2.11. The van der Waals surface area contributed by atoms with Gasteiger partial charge in [-0.3, -0.25) is 10.1 Å². The summed E-state index contributed by atoms with van der Waals surface area (Å²) in [4.78, 5) is 16.6. The fourth-order valence-electron chi connectivity index (χ4n) is 2.08. The number of halogens is 2. The van der Waals surface area contributed by atoms with Gasteiger partial charge in [0.2, 0.25) is 0 Å². The van der Waals surface area contributed by atoms with Crippen LogP contribution in [0.15, 0.2) is 23.6 Å². The van der Waals surface area contributed by atoms with E-state index in [-0.39, 0.29) is 23.0 Å². The molecule has 1 fully saturated rings. The van der Waals surface area contributed by atoms with Crippen molar-refractivity contribution in [1.29, 1.82) is 0 Å². The summed E-state index contributed by atoms with van der Waals surface area (Å²) in [5.74, 6) is 0.0754. The van der Waals surface area contributed by atoms with Crippen molar-refractivity contribution in [3.05, 3.63) is 34.8 Å². The van der Waals surface area contributed by atoms with Crippen LogP contribution in [0.3, 0.4) is 0 Å². The van der Waals surface area contributed by atoms with Gasteiger partial charge in [-0.1, -0.05) is 0 Å². The zero-order valence-electron chi connectivity index (χ0n) is 12.2. The molecule has 23 heavy (non-hydrogen) atoms. The maximum atomic E-state index is 12.3. The predicted octanol–water partition coefficient (Wildman–Crippen LogP) is 3.88. The van der Waals surface area contributed by atoms with E-state index in [0.29, 0.717) is 11.0 Å². The number of hydrogen-bond acceptors (Lipinski definition) is 5. The third-order valence-electron chi connectivity index (χ3n) is 3.38. The first kappa shape index (κ1) is 15.7. The molecule has 0 aliphatic heterocycles. The van der Waals surface area contributed by atoms with Crippen LogP contribution in [0.5, 0.6) is 11.5 Å². The number of carbonyl (C=O) groups excluding carboxylic acids is 1. The Labute approximate surface area is 135 Å². The second kappa shape index (κ2) is 6.49. The third kappa shape index (κ3) is 3.76. The van der Waals surface area contributed by atoms with E-state index in [1.807, 2.05) is 5.38 Å². The number of anilines is 1. The van der Waals surface area contributed by atoms with Gasteiger partial charge in [-0.15, -0.1) is 11.3 Å². The van der Waals surface area contributed by atoms with Gasteiger partial charge in [0.05, 0.1) is 12.8 Å². The molecule has 0 atom stereocenters. The van der Waals surface area contributed by atoms with Gasteiger partial charge < -0.3 is 9.47 Å². The standard InChI is InChI=1S/C15H14F2N2O3S/c1-21-12-6-9(4-5-11(12)22-14(16)17)13(20)19-15-18-10(7-23-15)8-2-3-8/h4-8,14H,2-3H2,1H3,(H,18,19,20). The molecule has 1 N–H and O–H groups in total. The Morgan fingerprint density at radius 2 is 2.17 bits per heavy atom. The molecule has 1 saturated carbocycles. The van der Waals surface area contributed by atoms with Crippen molar-refractivity contribution in [2.24, 2.45) is 0 Å². The van der Waals surface area contributed by atoms with E-state index < -0.39 is 6.61 Å². The number of nitrogens with zero attached hydrogens (tertiary/aromatic N) is 1. The summed E-state index contributed by atoms with van der Waals surface area (Å²) in [5, 5.41) is 5.15. The minimum absolute atomic E-state index is 0.0655. The molecule has 8 heteroatoms. The highest BCUT2D eigenvalue weighted by atomic mass is 32.1. The van der Waals surface area contributed by atoms with Crippen LogP contribution in [0.1, 0.15) is 34.8 Å². The Bertz CT molecular complexity index is 716. The van der Waals surface area contributed by atoms with Gasteiger partial charge in [0.25, 0.3) is 5.91 Å². The monoisotopic (exact) mass is 340 g/mol. The van der Waals surface area contributed by atoms with Crippen molar-refractivity contribution < 1.29 is 23.0 Å². The average molecular weight is 340 g/mol. The largest absolute Gasteiger partial charge is 0.493 e. The van der Waals surface area contributed by atoms with Crippen molar-refractivity contribution in [2.75, 3.05) is 12.4 Å². The number of amides is 1. The molecule has 0 spiro atoms. The van der Waals surface area contributed by atoms with Gasteiger partial charge in [-0.05, 0) is 31.0 Å². The number of benzene rings is 1. The van der Waals surface area contributed by atoms with Gasteiger partial charge in [0, 0.05) is 16.9 Å². The molecule has 1 aliphatic carbocycles. The summed E-state index contributed by atoms with van der Waals surface area (Å²) in [5.41, 5.74) is 1.27. The number of aromatic nitrogens is 1. The quantitative estimate of drug-likeness (QED) is 0.867. The van der Waals surface area contributed by atoms with E-state index in [9.17, 15) is 13.6 Å². The van der Waals surface area contributed by atoms with E-state index >= 15 is 0 Å². The summed E-state index contributed by atoms with van der Waals surface area (Å²) in [6, 6.07) is 4.02. The summed E-state index contributed by atoms with van der Waals surface area (Å²) >= 11 is 1.36. The number of alkyl halides is 2. The molecular weight excluding hydrogens is 326 g/mol. The highest BCUT2D eigenvalue weighted by Crippen LogP contribution is 2.41. The normalized spacial score (nSPS) is 13.9. The molecule has 2 aromatic rings. The van der Waals surface area contributed by atoms with Crippen molar-refractivity contribution >= 4 is 22.4 Å². The number of ether oxygens (including phenoxy) is 2. The number of thiazole rings is 1. The fraction of sp³-hybridized carbons (Fsp3) is 0.333. The van der Waals surface area contributed by atoms with Crippen molar-refractivity contribution in [1.82, 2.24) is 4.98 Å². The van der Waals surface area contributed by atoms with E-state index in [2.05, 4.69) is 15.0 Å². The van der Waals surface area contributed by atoms with Crippen LogP contribution < -0.4 is 14.8 Å². The summed E-state index contributed by atoms with van der Waals surface area (Å²) in [6.45, 7) is -2.96. The van der Waals surface area contributed by atoms with Crippen molar-refractivity contribution in [2.45, 2.75) is 25.4 Å². The molecule has 0 radical (unpaired) electrons. The highest BCUT2D eigenvalue weighted by molar-refractivity contribution is 7.14. The Hall–Kier alpha value is -2.22. The molecule has 3 rings (SSSR count). The minimum Gasteiger partial charge on any atom is -0.493 e. The lowest BCUT2D eigenvalue weighted by molar-refractivity contribution is -0.0512. The molecular formula is C15H14F2N2O3S. The van der Waals surface area contributed by atoms with Crippen LogP contribution >= 0.6 is 11.3 Å². The Balaban J connectivity index is 1.72. The Kier molecular flexibility index (Phi) is 4.42. The molecule has 1 amide bonds. The number of rotatable bonds is 6. The van der Waals surface area contributed by atoms with Gasteiger partial charge in [-0.2, -0.15) is 8.78 Å². The molecule has 5 nitrogen and oxygen atoms in total. The van der Waals surface area contributed by atoms with E-state index in [4.69, 9.17) is 4.74 Å². The summed E-state index contributed by atoms with van der Waals surface area (Å²) in [6.07, 6.45) is 2.28. The first-order valence-electron chi connectivity index (χ1n) is 6.96. The van der Waals surface area contributed by atoms with Crippen LogP contribution in [0.25, 0.3) is 0 Å².